The molecule has 2 unspecified atom stereocenters. The summed E-state index contributed by atoms with van der Waals surface area (Å²) in [4.78, 5) is 5.34. The van der Waals surface area contributed by atoms with E-state index in [4.69, 9.17) is 4.74 Å². The molecule has 156 valence electrons. The van der Waals surface area contributed by atoms with E-state index in [2.05, 4.69) is 38.0 Å². The second-order valence-corrected chi connectivity index (χ2v) is 11.5. The van der Waals surface area contributed by atoms with Crippen LogP contribution in [0.1, 0.15) is 57.8 Å². The molecule has 5 heteroatoms. The molecule has 0 radical (unpaired) electrons. The number of hydrogen-bond acceptors (Lipinski definition) is 5. The summed E-state index contributed by atoms with van der Waals surface area (Å²) in [5.74, 6) is 2.11. The van der Waals surface area contributed by atoms with Gasteiger partial charge in [-0.25, -0.2) is 0 Å². The molecule has 3 fully saturated rings. The van der Waals surface area contributed by atoms with E-state index < -0.39 is 0 Å². The number of ether oxygens (including phenoxy) is 1. The first kappa shape index (κ1) is 22.0. The van der Waals surface area contributed by atoms with E-state index in [1.54, 1.807) is 0 Å². The van der Waals surface area contributed by atoms with Gasteiger partial charge in [0.15, 0.2) is 0 Å². The molecular weight excluding hydrogens is 372 g/mol. The minimum absolute atomic E-state index is 0.746. The van der Waals surface area contributed by atoms with Crippen LogP contribution < -0.4 is 0 Å². The Bertz CT molecular complexity index is 397. The van der Waals surface area contributed by atoms with E-state index in [-0.39, 0.29) is 0 Å². The molecule has 0 aliphatic carbocycles. The molecule has 0 spiro atoms. The molecule has 3 nitrogen and oxygen atoms in total. The van der Waals surface area contributed by atoms with Crippen LogP contribution in [0.25, 0.3) is 0 Å². The fourth-order valence-corrected chi connectivity index (χ4v) is 7.69. The van der Waals surface area contributed by atoms with E-state index in [0.29, 0.717) is 0 Å². The highest BCUT2D eigenvalue weighted by Crippen LogP contribution is 2.40. The zero-order valence-electron chi connectivity index (χ0n) is 17.2. The number of rotatable bonds is 11. The number of piperidine rings is 1. The van der Waals surface area contributed by atoms with Crippen molar-refractivity contribution in [2.24, 2.45) is 5.92 Å². The average Bonchev–Trinajstić information content (AvgIpc) is 3.20. The molecule has 0 bridgehead atoms. The van der Waals surface area contributed by atoms with Crippen LogP contribution in [0.4, 0.5) is 0 Å². The summed E-state index contributed by atoms with van der Waals surface area (Å²) in [5, 5.41) is 0.927. The summed E-state index contributed by atoms with van der Waals surface area (Å²) in [5.41, 5.74) is 1.50. The van der Waals surface area contributed by atoms with Crippen molar-refractivity contribution in [2.45, 2.75) is 63.0 Å². The number of unbranched alkanes of at least 4 members (excludes halogenated alkanes) is 1. The van der Waals surface area contributed by atoms with Gasteiger partial charge in [0.25, 0.3) is 0 Å². The molecule has 0 aromatic carbocycles. The minimum Gasteiger partial charge on any atom is -0.379 e. The molecule has 0 aromatic heterocycles. The molecule has 0 N–H and O–H groups in total. The lowest BCUT2D eigenvalue weighted by molar-refractivity contribution is 0.0269. The van der Waals surface area contributed by atoms with Crippen molar-refractivity contribution >= 4 is 21.6 Å². The number of morpholine rings is 1. The van der Waals surface area contributed by atoms with Crippen LogP contribution in [0.5, 0.6) is 0 Å². The van der Waals surface area contributed by atoms with Crippen LogP contribution >= 0.6 is 21.6 Å². The van der Waals surface area contributed by atoms with Crippen molar-refractivity contribution in [3.05, 3.63) is 12.2 Å². The number of likely N-dealkylation sites (tertiary alicyclic amines) is 1. The molecular formula is C22H40N2OS2. The Hall–Kier alpha value is 0.320. The SMILES string of the molecule is C=C(CCCCC1CCSS1)CC(CN1CCCCC1)CN1CCOCC1. The first-order valence-electron chi connectivity index (χ1n) is 11.3. The van der Waals surface area contributed by atoms with Crippen molar-refractivity contribution < 1.29 is 4.74 Å². The Kier molecular flexibility index (Phi) is 10.4. The van der Waals surface area contributed by atoms with Crippen molar-refractivity contribution in [3.8, 4) is 0 Å². The fraction of sp³-hybridized carbons (Fsp3) is 0.909. The quantitative estimate of drug-likeness (QED) is 0.266. The zero-order chi connectivity index (χ0) is 18.7. The lowest BCUT2D eigenvalue weighted by atomic mass is 9.94. The number of nitrogens with zero attached hydrogens (tertiary/aromatic N) is 2. The van der Waals surface area contributed by atoms with E-state index >= 15 is 0 Å². The Labute approximate surface area is 175 Å². The normalized spacial score (nSPS) is 26.3. The summed E-state index contributed by atoms with van der Waals surface area (Å²) >= 11 is 0. The third kappa shape index (κ3) is 8.69. The van der Waals surface area contributed by atoms with Gasteiger partial charge in [0.1, 0.15) is 0 Å². The minimum atomic E-state index is 0.746. The monoisotopic (exact) mass is 412 g/mol. The Balaban J connectivity index is 1.38. The van der Waals surface area contributed by atoms with Gasteiger partial charge >= 0.3 is 0 Å². The lowest BCUT2D eigenvalue weighted by Gasteiger charge is -2.35. The standard InChI is InChI=1S/C22H40N2OS2/c1-20(7-3-4-8-22-9-16-26-27-22)17-21(18-23-10-5-2-6-11-23)19-24-12-14-25-15-13-24/h21-22H,1-19H2. The molecule has 3 heterocycles. The molecule has 3 saturated heterocycles. The predicted molar refractivity (Wildman–Crippen MR) is 122 cm³/mol. The molecule has 3 aliphatic heterocycles. The largest absolute Gasteiger partial charge is 0.379 e. The van der Waals surface area contributed by atoms with Gasteiger partial charge in [0.05, 0.1) is 13.2 Å². The molecule has 27 heavy (non-hydrogen) atoms. The zero-order valence-corrected chi connectivity index (χ0v) is 18.8. The highest BCUT2D eigenvalue weighted by molar-refractivity contribution is 8.77. The van der Waals surface area contributed by atoms with Gasteiger partial charge in [-0.3, -0.25) is 4.90 Å². The summed E-state index contributed by atoms with van der Waals surface area (Å²) in [6.45, 7) is 13.6. The van der Waals surface area contributed by atoms with E-state index in [1.807, 2.05) is 0 Å². The molecule has 3 aliphatic rings. The van der Waals surface area contributed by atoms with Gasteiger partial charge in [-0.05, 0) is 64.0 Å². The number of hydrogen-bond donors (Lipinski definition) is 0. The molecule has 0 amide bonds. The maximum absolute atomic E-state index is 5.55. The Morgan fingerprint density at radius 1 is 1.00 bits per heavy atom. The second-order valence-electron chi connectivity index (χ2n) is 8.67. The van der Waals surface area contributed by atoms with Crippen LogP contribution in [0.15, 0.2) is 12.2 Å². The van der Waals surface area contributed by atoms with Gasteiger partial charge < -0.3 is 9.64 Å². The average molecular weight is 413 g/mol. The molecule has 0 saturated carbocycles. The van der Waals surface area contributed by atoms with Crippen LogP contribution in [-0.4, -0.2) is 73.3 Å². The third-order valence-corrected chi connectivity index (χ3v) is 9.20. The topological polar surface area (TPSA) is 15.7 Å². The van der Waals surface area contributed by atoms with Gasteiger partial charge in [-0.1, -0.05) is 46.6 Å². The lowest BCUT2D eigenvalue weighted by Crippen LogP contribution is -2.43. The van der Waals surface area contributed by atoms with Gasteiger partial charge in [-0.2, -0.15) is 0 Å². The van der Waals surface area contributed by atoms with Crippen LogP contribution in [0, 0.1) is 5.92 Å². The summed E-state index contributed by atoms with van der Waals surface area (Å²) in [6.07, 6.45) is 12.2. The summed E-state index contributed by atoms with van der Waals surface area (Å²) < 4.78 is 5.55. The highest BCUT2D eigenvalue weighted by atomic mass is 33.1. The third-order valence-electron chi connectivity index (χ3n) is 6.20. The molecule has 0 aromatic rings. The van der Waals surface area contributed by atoms with Crippen LogP contribution in [-0.2, 0) is 4.74 Å². The van der Waals surface area contributed by atoms with E-state index in [1.165, 1.54) is 95.3 Å². The fourth-order valence-electron chi connectivity index (χ4n) is 4.66. The smallest absolute Gasteiger partial charge is 0.0594 e. The first-order chi connectivity index (χ1) is 13.3. The first-order valence-corrected chi connectivity index (χ1v) is 13.6. The Morgan fingerprint density at radius 2 is 1.74 bits per heavy atom. The van der Waals surface area contributed by atoms with Crippen molar-refractivity contribution in [2.75, 3.05) is 58.2 Å². The molecule has 2 atom stereocenters. The maximum atomic E-state index is 5.55. The van der Waals surface area contributed by atoms with Gasteiger partial charge in [-0.15, -0.1) is 0 Å². The number of allylic oxidation sites excluding steroid dienone is 1. The second kappa shape index (κ2) is 12.8. The van der Waals surface area contributed by atoms with Gasteiger partial charge in [0, 0.05) is 37.2 Å². The van der Waals surface area contributed by atoms with Crippen molar-refractivity contribution in [1.82, 2.24) is 9.80 Å². The molecule has 3 rings (SSSR count). The predicted octanol–water partition coefficient (Wildman–Crippen LogP) is 5.08. The van der Waals surface area contributed by atoms with Crippen LogP contribution in [0.3, 0.4) is 0 Å². The highest BCUT2D eigenvalue weighted by Gasteiger charge is 2.21. The maximum Gasteiger partial charge on any atom is 0.0594 e. The summed E-state index contributed by atoms with van der Waals surface area (Å²) in [7, 11) is 4.19. The van der Waals surface area contributed by atoms with E-state index in [9.17, 15) is 0 Å². The van der Waals surface area contributed by atoms with Crippen LogP contribution in [0.2, 0.25) is 0 Å². The van der Waals surface area contributed by atoms with Crippen molar-refractivity contribution in [3.63, 3.8) is 0 Å². The van der Waals surface area contributed by atoms with E-state index in [0.717, 1.165) is 37.5 Å². The van der Waals surface area contributed by atoms with Gasteiger partial charge in [0.2, 0.25) is 0 Å². The Morgan fingerprint density at radius 3 is 2.44 bits per heavy atom. The summed E-state index contributed by atoms with van der Waals surface area (Å²) in [6, 6.07) is 0. The van der Waals surface area contributed by atoms with Crippen molar-refractivity contribution in [1.29, 1.82) is 0 Å².